The van der Waals surface area contributed by atoms with Crippen molar-refractivity contribution in [3.63, 3.8) is 0 Å². The third kappa shape index (κ3) is 3.09. The Morgan fingerprint density at radius 3 is 2.62 bits per heavy atom. The number of hydrazine groups is 1. The molecule has 2 aliphatic rings. The van der Waals surface area contributed by atoms with E-state index in [1.54, 1.807) is 29.8 Å². The van der Waals surface area contributed by atoms with E-state index >= 15 is 0 Å². The topological polar surface area (TPSA) is 88.4 Å². The fourth-order valence-electron chi connectivity index (χ4n) is 3.55. The highest BCUT2D eigenvalue weighted by atomic mass is 32.2. The number of hydrogen-bond donors (Lipinski definition) is 2. The van der Waals surface area contributed by atoms with Crippen LogP contribution in [0, 0.1) is 0 Å². The van der Waals surface area contributed by atoms with Crippen LogP contribution in [0.4, 0.5) is 0 Å². The molecular formula is C17H25N5O3S. The van der Waals surface area contributed by atoms with Gasteiger partial charge in [-0.25, -0.2) is 22.9 Å². The monoisotopic (exact) mass is 379 g/mol. The molecule has 0 bridgehead atoms. The maximum absolute atomic E-state index is 12.7. The summed E-state index contributed by atoms with van der Waals surface area (Å²) in [6, 6.07) is 5.11. The van der Waals surface area contributed by atoms with E-state index in [4.69, 9.17) is 0 Å². The van der Waals surface area contributed by atoms with Crippen LogP contribution >= 0.6 is 0 Å². The van der Waals surface area contributed by atoms with Crippen LogP contribution in [0.3, 0.4) is 0 Å². The van der Waals surface area contributed by atoms with Crippen molar-refractivity contribution in [1.82, 2.24) is 24.3 Å². The fraction of sp³-hybridized carbons (Fsp3) is 0.588. The van der Waals surface area contributed by atoms with Crippen LogP contribution in [0.2, 0.25) is 0 Å². The molecule has 2 N–H and O–H groups in total. The predicted octanol–water partition coefficient (Wildman–Crippen LogP) is 0.380. The number of nitrogens with zero attached hydrogens (tertiary/aromatic N) is 3. The van der Waals surface area contributed by atoms with E-state index in [9.17, 15) is 13.2 Å². The van der Waals surface area contributed by atoms with E-state index in [0.29, 0.717) is 12.1 Å². The average Bonchev–Trinajstić information content (AvgIpc) is 3.06. The summed E-state index contributed by atoms with van der Waals surface area (Å²) in [7, 11) is 0.0739. The summed E-state index contributed by atoms with van der Waals surface area (Å²) in [5.41, 5.74) is 4.26. The lowest BCUT2D eigenvalue weighted by Gasteiger charge is -2.14. The molecule has 9 heteroatoms. The number of hydrogen-bond acceptors (Lipinski definition) is 5. The summed E-state index contributed by atoms with van der Waals surface area (Å²) < 4.78 is 31.3. The first-order valence-electron chi connectivity index (χ1n) is 8.89. The van der Waals surface area contributed by atoms with Gasteiger partial charge in [0.2, 0.25) is 10.0 Å². The predicted molar refractivity (Wildman–Crippen MR) is 99.3 cm³/mol. The summed E-state index contributed by atoms with van der Waals surface area (Å²) >= 11 is 0. The molecule has 2 aromatic rings. The summed E-state index contributed by atoms with van der Waals surface area (Å²) in [6.45, 7) is 3.40. The van der Waals surface area contributed by atoms with Crippen molar-refractivity contribution in [2.24, 2.45) is 7.05 Å². The summed E-state index contributed by atoms with van der Waals surface area (Å²) in [5, 5.41) is 2.02. The molecule has 2 fully saturated rings. The van der Waals surface area contributed by atoms with Crippen molar-refractivity contribution in [2.75, 3.05) is 13.6 Å². The Bertz CT molecular complexity index is 1020. The summed E-state index contributed by atoms with van der Waals surface area (Å²) in [6.07, 6.45) is 2.67. The molecule has 0 spiro atoms. The number of nitrogens with one attached hydrogen (secondary N) is 2. The Morgan fingerprint density at radius 2 is 2.00 bits per heavy atom. The Kier molecular flexibility index (Phi) is 4.03. The van der Waals surface area contributed by atoms with Gasteiger partial charge in [-0.15, -0.1) is 0 Å². The molecule has 0 amide bonds. The number of aromatic nitrogens is 2. The van der Waals surface area contributed by atoms with Gasteiger partial charge >= 0.3 is 5.69 Å². The Labute approximate surface area is 152 Å². The smallest absolute Gasteiger partial charge is 0.295 e. The second kappa shape index (κ2) is 5.91. The van der Waals surface area contributed by atoms with Gasteiger partial charge in [-0.05, 0) is 44.4 Å². The molecule has 1 unspecified atom stereocenters. The number of fused-ring (bicyclic) bond motifs is 1. The number of rotatable bonds is 5. The number of sulfonamides is 1. The molecule has 0 radical (unpaired) electrons. The second-order valence-electron chi connectivity index (χ2n) is 7.81. The lowest BCUT2D eigenvalue weighted by molar-refractivity contribution is 0.281. The summed E-state index contributed by atoms with van der Waals surface area (Å²) in [4.78, 5) is 12.9. The molecule has 1 saturated heterocycles. The quantitative estimate of drug-likeness (QED) is 0.784. The van der Waals surface area contributed by atoms with Crippen LogP contribution in [-0.2, 0) is 23.6 Å². The zero-order valence-electron chi connectivity index (χ0n) is 15.3. The van der Waals surface area contributed by atoms with Crippen LogP contribution in [0.5, 0.6) is 0 Å². The van der Waals surface area contributed by atoms with Gasteiger partial charge in [0.05, 0.1) is 15.9 Å². The number of imidazole rings is 1. The molecule has 1 aliphatic heterocycles. The lowest BCUT2D eigenvalue weighted by Crippen LogP contribution is -2.37. The standard InChI is InChI=1S/C17H25N5O3S/c1-17(7-8-17)19-26(24,25)13-4-5-14-15(10-13)21(3)16(23)22(14)11-12-6-9-20(2)18-12/h4-5,10,12,18-19H,6-9,11H2,1-3H3. The lowest BCUT2D eigenvalue weighted by atomic mass is 10.2. The van der Waals surface area contributed by atoms with Gasteiger partial charge in [0.15, 0.2) is 0 Å². The largest absolute Gasteiger partial charge is 0.328 e. The van der Waals surface area contributed by atoms with Gasteiger partial charge < -0.3 is 0 Å². The van der Waals surface area contributed by atoms with Gasteiger partial charge in [-0.2, -0.15) is 0 Å². The maximum Gasteiger partial charge on any atom is 0.328 e. The molecular weight excluding hydrogens is 354 g/mol. The van der Waals surface area contributed by atoms with Crippen molar-refractivity contribution in [1.29, 1.82) is 0 Å². The SMILES string of the molecule is CN1CCC(Cn2c(=O)n(C)c3cc(S(=O)(=O)NC4(C)CC4)ccc32)N1. The molecule has 26 heavy (non-hydrogen) atoms. The molecule has 4 rings (SSSR count). The zero-order valence-corrected chi connectivity index (χ0v) is 16.1. The van der Waals surface area contributed by atoms with Gasteiger partial charge in [-0.3, -0.25) is 14.6 Å². The van der Waals surface area contributed by atoms with Crippen molar-refractivity contribution < 1.29 is 8.42 Å². The third-order valence-electron chi connectivity index (χ3n) is 5.43. The van der Waals surface area contributed by atoms with Crippen LogP contribution in [0.25, 0.3) is 11.0 Å². The van der Waals surface area contributed by atoms with Crippen LogP contribution < -0.4 is 15.8 Å². The molecule has 142 valence electrons. The van der Waals surface area contributed by atoms with E-state index in [-0.39, 0.29) is 22.2 Å². The molecule has 8 nitrogen and oxygen atoms in total. The van der Waals surface area contributed by atoms with E-state index < -0.39 is 10.0 Å². The number of aryl methyl sites for hydroxylation is 1. The van der Waals surface area contributed by atoms with Crippen molar-refractivity contribution in [3.8, 4) is 0 Å². The maximum atomic E-state index is 12.7. The van der Waals surface area contributed by atoms with Crippen molar-refractivity contribution in [2.45, 2.75) is 49.2 Å². The Balaban J connectivity index is 1.71. The van der Waals surface area contributed by atoms with Gasteiger partial charge in [0.25, 0.3) is 0 Å². The van der Waals surface area contributed by atoms with E-state index in [2.05, 4.69) is 10.1 Å². The first-order chi connectivity index (χ1) is 12.2. The van der Waals surface area contributed by atoms with E-state index in [1.807, 2.05) is 19.0 Å². The minimum atomic E-state index is -3.59. The highest BCUT2D eigenvalue weighted by Crippen LogP contribution is 2.36. The highest BCUT2D eigenvalue weighted by Gasteiger charge is 2.41. The molecule has 1 aliphatic carbocycles. The zero-order chi connectivity index (χ0) is 18.7. The van der Waals surface area contributed by atoms with E-state index in [0.717, 1.165) is 31.3 Å². The molecule has 1 atom stereocenters. The summed E-state index contributed by atoms with van der Waals surface area (Å²) in [5.74, 6) is 0. The highest BCUT2D eigenvalue weighted by molar-refractivity contribution is 7.89. The average molecular weight is 379 g/mol. The van der Waals surface area contributed by atoms with Crippen LogP contribution in [0.1, 0.15) is 26.2 Å². The Hall–Kier alpha value is -1.68. The first kappa shape index (κ1) is 17.7. The first-order valence-corrected chi connectivity index (χ1v) is 10.4. The van der Waals surface area contributed by atoms with Gasteiger partial charge in [-0.1, -0.05) is 0 Å². The van der Waals surface area contributed by atoms with Gasteiger partial charge in [0.1, 0.15) is 0 Å². The molecule has 1 aromatic carbocycles. The Morgan fingerprint density at radius 1 is 1.27 bits per heavy atom. The van der Waals surface area contributed by atoms with Crippen molar-refractivity contribution >= 4 is 21.1 Å². The van der Waals surface area contributed by atoms with Crippen LogP contribution in [0.15, 0.2) is 27.9 Å². The minimum Gasteiger partial charge on any atom is -0.295 e. The van der Waals surface area contributed by atoms with Gasteiger partial charge in [0, 0.05) is 38.8 Å². The third-order valence-corrected chi connectivity index (χ3v) is 7.06. The number of benzene rings is 1. The molecule has 1 saturated carbocycles. The second-order valence-corrected chi connectivity index (χ2v) is 9.49. The molecule has 1 aromatic heterocycles. The molecule has 2 heterocycles. The minimum absolute atomic E-state index is 0.131. The van der Waals surface area contributed by atoms with Crippen molar-refractivity contribution in [3.05, 3.63) is 28.7 Å². The van der Waals surface area contributed by atoms with E-state index in [1.165, 1.54) is 4.57 Å². The normalized spacial score (nSPS) is 23.0. The fourth-order valence-corrected chi connectivity index (χ4v) is 5.03. The van der Waals surface area contributed by atoms with Crippen LogP contribution in [-0.4, -0.2) is 47.7 Å².